The number of carbonyl (C=O) groups is 1. The van der Waals surface area contributed by atoms with Crippen molar-refractivity contribution in [3.05, 3.63) is 54.6 Å². The van der Waals surface area contributed by atoms with Crippen LogP contribution in [0, 0.1) is 0 Å². The summed E-state index contributed by atoms with van der Waals surface area (Å²) in [5, 5.41) is 4.28. The molecule has 2 N–H and O–H groups in total. The minimum absolute atomic E-state index is 0.0620. The number of hydrogen-bond acceptors (Lipinski definition) is 4. The number of amides is 1. The molecule has 3 rings (SSSR count). The van der Waals surface area contributed by atoms with Crippen LogP contribution in [0.25, 0.3) is 0 Å². The number of para-hydroxylation sites is 1. The first kappa shape index (κ1) is 15.5. The summed E-state index contributed by atoms with van der Waals surface area (Å²) < 4.78 is 28.6. The lowest BCUT2D eigenvalue weighted by molar-refractivity contribution is -0.117. The second kappa shape index (κ2) is 6.02. The number of nitrogens with two attached hydrogens (primary N) is 1. The molecule has 23 heavy (non-hydrogen) atoms. The predicted octanol–water partition coefficient (Wildman–Crippen LogP) is 1.87. The van der Waals surface area contributed by atoms with E-state index >= 15 is 0 Å². The van der Waals surface area contributed by atoms with Gasteiger partial charge >= 0.3 is 0 Å². The third-order valence-electron chi connectivity index (χ3n) is 3.66. The predicted molar refractivity (Wildman–Crippen MR) is 86.8 cm³/mol. The second-order valence-corrected chi connectivity index (χ2v) is 7.18. The Labute approximate surface area is 134 Å². The molecular formula is C16H16N2O4S. The van der Waals surface area contributed by atoms with E-state index in [1.165, 1.54) is 4.90 Å². The smallest absolute Gasteiger partial charge is 0.228 e. The Hall–Kier alpha value is -2.38. The van der Waals surface area contributed by atoms with Crippen molar-refractivity contribution in [1.29, 1.82) is 0 Å². The Morgan fingerprint density at radius 2 is 1.74 bits per heavy atom. The van der Waals surface area contributed by atoms with Gasteiger partial charge < -0.3 is 9.64 Å². The highest BCUT2D eigenvalue weighted by Crippen LogP contribution is 2.29. The first-order valence-electron chi connectivity index (χ1n) is 7.08. The lowest BCUT2D eigenvalue weighted by Crippen LogP contribution is -2.32. The average molecular weight is 332 g/mol. The van der Waals surface area contributed by atoms with Gasteiger partial charge in [0.05, 0.1) is 0 Å². The number of ether oxygens (including phenoxy) is 1. The van der Waals surface area contributed by atoms with Gasteiger partial charge in [0.1, 0.15) is 16.7 Å². The summed E-state index contributed by atoms with van der Waals surface area (Å²) in [6.07, 6.45) is -0.0946. The lowest BCUT2D eigenvalue weighted by atomic mass is 10.2. The summed E-state index contributed by atoms with van der Waals surface area (Å²) in [6, 6.07) is 16.2. The molecule has 1 saturated heterocycles. The van der Waals surface area contributed by atoms with Crippen molar-refractivity contribution < 1.29 is 17.9 Å². The summed E-state index contributed by atoms with van der Waals surface area (Å²) in [5.41, 5.74) is 0.592. The molecule has 1 aliphatic rings. The quantitative estimate of drug-likeness (QED) is 0.925. The fraction of sp³-hybridized carbons (Fsp3) is 0.188. The monoisotopic (exact) mass is 332 g/mol. The lowest BCUT2D eigenvalue weighted by Gasteiger charge is -2.17. The van der Waals surface area contributed by atoms with Crippen LogP contribution in [-0.2, 0) is 14.8 Å². The van der Waals surface area contributed by atoms with E-state index in [0.29, 0.717) is 17.2 Å². The highest BCUT2D eigenvalue weighted by atomic mass is 32.2. The zero-order valence-corrected chi connectivity index (χ0v) is 13.1. The number of nitrogens with zero attached hydrogens (tertiary/aromatic N) is 1. The minimum atomic E-state index is -3.73. The Morgan fingerprint density at radius 3 is 2.39 bits per heavy atom. The van der Waals surface area contributed by atoms with Crippen molar-refractivity contribution in [2.45, 2.75) is 11.7 Å². The van der Waals surface area contributed by atoms with Gasteiger partial charge in [-0.25, -0.2) is 13.6 Å². The van der Waals surface area contributed by atoms with Crippen LogP contribution in [0.5, 0.6) is 11.5 Å². The van der Waals surface area contributed by atoms with Crippen LogP contribution in [0.4, 0.5) is 5.69 Å². The van der Waals surface area contributed by atoms with Crippen LogP contribution in [0.1, 0.15) is 6.42 Å². The highest BCUT2D eigenvalue weighted by Gasteiger charge is 2.37. The zero-order chi connectivity index (χ0) is 16.4. The third kappa shape index (κ3) is 3.52. The number of rotatable bonds is 4. The van der Waals surface area contributed by atoms with Gasteiger partial charge in [0.15, 0.2) is 0 Å². The Morgan fingerprint density at radius 1 is 1.04 bits per heavy atom. The van der Waals surface area contributed by atoms with Gasteiger partial charge in [-0.05, 0) is 24.3 Å². The normalized spacial score (nSPS) is 18.2. The van der Waals surface area contributed by atoms with Gasteiger partial charge in [-0.15, -0.1) is 0 Å². The van der Waals surface area contributed by atoms with Crippen LogP contribution in [0.2, 0.25) is 0 Å². The van der Waals surface area contributed by atoms with E-state index in [1.54, 1.807) is 24.3 Å². The standard InChI is InChI=1S/C16H16N2O4S/c17-23(20,21)15-10-16(19)18(11-15)12-5-4-8-14(9-12)22-13-6-2-1-3-7-13/h1-9,15H,10-11H2,(H2,17,20,21). The molecule has 0 aromatic heterocycles. The molecule has 1 heterocycles. The Bertz CT molecular complexity index is 821. The van der Waals surface area contributed by atoms with Crippen molar-refractivity contribution in [3.63, 3.8) is 0 Å². The molecule has 0 radical (unpaired) electrons. The number of anilines is 1. The summed E-state index contributed by atoms with van der Waals surface area (Å²) in [6.45, 7) is 0.0620. The molecule has 1 atom stereocenters. The number of carbonyl (C=O) groups excluding carboxylic acids is 1. The van der Waals surface area contributed by atoms with Crippen LogP contribution < -0.4 is 14.8 Å². The van der Waals surface area contributed by atoms with Crippen molar-refractivity contribution in [2.24, 2.45) is 5.14 Å². The van der Waals surface area contributed by atoms with Crippen LogP contribution in [-0.4, -0.2) is 26.1 Å². The van der Waals surface area contributed by atoms with Gasteiger partial charge in [-0.2, -0.15) is 0 Å². The van der Waals surface area contributed by atoms with E-state index < -0.39 is 15.3 Å². The fourth-order valence-electron chi connectivity index (χ4n) is 2.48. The number of hydrogen-bond donors (Lipinski definition) is 1. The Kier molecular flexibility index (Phi) is 4.06. The maximum atomic E-state index is 12.1. The average Bonchev–Trinajstić information content (AvgIpc) is 2.91. The van der Waals surface area contributed by atoms with Gasteiger partial charge in [0.25, 0.3) is 0 Å². The van der Waals surface area contributed by atoms with Crippen LogP contribution in [0.15, 0.2) is 54.6 Å². The van der Waals surface area contributed by atoms with Crippen molar-refractivity contribution >= 4 is 21.6 Å². The number of benzene rings is 2. The molecule has 1 aliphatic heterocycles. The fourth-order valence-corrected chi connectivity index (χ4v) is 3.22. The molecule has 1 fully saturated rings. The van der Waals surface area contributed by atoms with Crippen LogP contribution in [0.3, 0.4) is 0 Å². The zero-order valence-electron chi connectivity index (χ0n) is 12.3. The molecule has 0 spiro atoms. The molecule has 6 nitrogen and oxygen atoms in total. The maximum absolute atomic E-state index is 12.1. The van der Waals surface area contributed by atoms with Gasteiger partial charge in [-0.3, -0.25) is 4.79 Å². The number of primary sulfonamides is 1. The number of sulfonamides is 1. The van der Waals surface area contributed by atoms with E-state index in [2.05, 4.69) is 0 Å². The maximum Gasteiger partial charge on any atom is 0.228 e. The minimum Gasteiger partial charge on any atom is -0.457 e. The third-order valence-corrected chi connectivity index (χ3v) is 4.91. The first-order chi connectivity index (χ1) is 10.9. The molecule has 0 bridgehead atoms. The molecule has 2 aromatic carbocycles. The summed E-state index contributed by atoms with van der Waals surface area (Å²) in [4.78, 5) is 13.5. The second-order valence-electron chi connectivity index (χ2n) is 5.33. The SMILES string of the molecule is NS(=O)(=O)C1CC(=O)N(c2cccc(Oc3ccccc3)c2)C1. The molecule has 7 heteroatoms. The summed E-state index contributed by atoms with van der Waals surface area (Å²) >= 11 is 0. The molecule has 1 unspecified atom stereocenters. The van der Waals surface area contributed by atoms with E-state index in [0.717, 1.165) is 0 Å². The summed E-state index contributed by atoms with van der Waals surface area (Å²) in [7, 11) is -3.73. The van der Waals surface area contributed by atoms with E-state index in [4.69, 9.17) is 9.88 Å². The Balaban J connectivity index is 1.81. The molecular weight excluding hydrogens is 316 g/mol. The van der Waals surface area contributed by atoms with Crippen molar-refractivity contribution in [1.82, 2.24) is 0 Å². The van der Waals surface area contributed by atoms with E-state index in [9.17, 15) is 13.2 Å². The van der Waals surface area contributed by atoms with Crippen LogP contribution >= 0.6 is 0 Å². The molecule has 1 amide bonds. The molecule has 0 saturated carbocycles. The summed E-state index contributed by atoms with van der Waals surface area (Å²) in [5.74, 6) is 0.987. The van der Waals surface area contributed by atoms with E-state index in [-0.39, 0.29) is 18.9 Å². The largest absolute Gasteiger partial charge is 0.457 e. The molecule has 120 valence electrons. The topological polar surface area (TPSA) is 89.7 Å². The van der Waals surface area contributed by atoms with Gasteiger partial charge in [0, 0.05) is 24.7 Å². The molecule has 2 aromatic rings. The molecule has 0 aliphatic carbocycles. The van der Waals surface area contributed by atoms with Crippen molar-refractivity contribution in [2.75, 3.05) is 11.4 Å². The highest BCUT2D eigenvalue weighted by molar-refractivity contribution is 7.89. The van der Waals surface area contributed by atoms with E-state index in [1.807, 2.05) is 30.3 Å². The van der Waals surface area contributed by atoms with Gasteiger partial charge in [0.2, 0.25) is 15.9 Å². The van der Waals surface area contributed by atoms with Crippen molar-refractivity contribution in [3.8, 4) is 11.5 Å². The first-order valence-corrected chi connectivity index (χ1v) is 8.69. The van der Waals surface area contributed by atoms with Gasteiger partial charge in [-0.1, -0.05) is 24.3 Å².